The van der Waals surface area contributed by atoms with Crippen LogP contribution in [0.1, 0.15) is 11.1 Å². The zero-order valence-electron chi connectivity index (χ0n) is 10.6. The van der Waals surface area contributed by atoms with Gasteiger partial charge in [0.05, 0.1) is 11.2 Å². The maximum atomic E-state index is 13.7. The van der Waals surface area contributed by atoms with E-state index < -0.39 is 0 Å². The van der Waals surface area contributed by atoms with Crippen LogP contribution in [0.2, 0.25) is 0 Å². The minimum Gasteiger partial charge on any atom is -0.329 e. The van der Waals surface area contributed by atoms with Gasteiger partial charge in [-0.1, -0.05) is 6.07 Å². The summed E-state index contributed by atoms with van der Waals surface area (Å²) in [4.78, 5) is 7.50. The average Bonchev–Trinajstić information content (AvgIpc) is 2.68. The summed E-state index contributed by atoms with van der Waals surface area (Å²) >= 11 is 5.33. The number of benzene rings is 1. The van der Waals surface area contributed by atoms with Crippen LogP contribution in [0.15, 0.2) is 30.5 Å². The third-order valence-electron chi connectivity index (χ3n) is 3.14. The Kier molecular flexibility index (Phi) is 2.71. The van der Waals surface area contributed by atoms with Crippen molar-refractivity contribution in [3.8, 4) is 5.69 Å². The van der Waals surface area contributed by atoms with Gasteiger partial charge in [-0.3, -0.25) is 4.57 Å². The fraction of sp³-hybridized carbons (Fsp3) is 0.143. The molecule has 0 atom stereocenters. The first-order valence-corrected chi connectivity index (χ1v) is 6.31. The second kappa shape index (κ2) is 4.28. The van der Waals surface area contributed by atoms with Crippen LogP contribution < -0.4 is 0 Å². The summed E-state index contributed by atoms with van der Waals surface area (Å²) in [6.45, 7) is 3.70. The summed E-state index contributed by atoms with van der Waals surface area (Å²) in [6.07, 6.45) is 1.77. The molecule has 0 amide bonds. The summed E-state index contributed by atoms with van der Waals surface area (Å²) in [5.41, 5.74) is 3.89. The molecule has 0 aliphatic heterocycles. The molecule has 5 heteroatoms. The summed E-state index contributed by atoms with van der Waals surface area (Å²) in [5, 5.41) is 0. The number of aromatic amines is 1. The minimum absolute atomic E-state index is 0.249. The van der Waals surface area contributed by atoms with E-state index >= 15 is 0 Å². The predicted molar refractivity (Wildman–Crippen MR) is 75.7 cm³/mol. The SMILES string of the molecule is Cc1cnc2c(c1)[nH]c(=S)n2-c1cccc(F)c1C. The van der Waals surface area contributed by atoms with E-state index in [1.54, 1.807) is 23.8 Å². The number of hydrogen-bond donors (Lipinski definition) is 1. The van der Waals surface area contributed by atoms with E-state index in [0.29, 0.717) is 21.7 Å². The number of H-pyrrole nitrogens is 1. The number of rotatable bonds is 1. The third-order valence-corrected chi connectivity index (χ3v) is 3.42. The minimum atomic E-state index is -0.249. The molecule has 96 valence electrons. The molecule has 3 nitrogen and oxygen atoms in total. The third kappa shape index (κ3) is 1.86. The van der Waals surface area contributed by atoms with Crippen LogP contribution in [0.25, 0.3) is 16.9 Å². The van der Waals surface area contributed by atoms with Gasteiger partial charge in [0.1, 0.15) is 5.82 Å². The Morgan fingerprint density at radius 2 is 2.11 bits per heavy atom. The number of nitrogens with zero attached hydrogens (tertiary/aromatic N) is 2. The van der Waals surface area contributed by atoms with E-state index in [2.05, 4.69) is 9.97 Å². The molecule has 1 aromatic carbocycles. The highest BCUT2D eigenvalue weighted by molar-refractivity contribution is 7.71. The average molecular weight is 273 g/mol. The van der Waals surface area contributed by atoms with Crippen LogP contribution in [-0.4, -0.2) is 14.5 Å². The molecular weight excluding hydrogens is 261 g/mol. The molecule has 0 saturated heterocycles. The lowest BCUT2D eigenvalue weighted by atomic mass is 10.2. The zero-order chi connectivity index (χ0) is 13.6. The van der Waals surface area contributed by atoms with Crippen LogP contribution in [0.3, 0.4) is 0 Å². The molecule has 2 heterocycles. The van der Waals surface area contributed by atoms with Gasteiger partial charge in [-0.2, -0.15) is 0 Å². The fourth-order valence-corrected chi connectivity index (χ4v) is 2.46. The van der Waals surface area contributed by atoms with E-state index in [0.717, 1.165) is 11.1 Å². The smallest absolute Gasteiger partial charge is 0.184 e. The van der Waals surface area contributed by atoms with Crippen LogP contribution in [0.4, 0.5) is 4.39 Å². The highest BCUT2D eigenvalue weighted by Crippen LogP contribution is 2.22. The number of imidazole rings is 1. The van der Waals surface area contributed by atoms with Gasteiger partial charge in [-0.25, -0.2) is 9.37 Å². The lowest BCUT2D eigenvalue weighted by Gasteiger charge is -2.08. The molecule has 0 bridgehead atoms. The van der Waals surface area contributed by atoms with E-state index in [1.165, 1.54) is 6.07 Å². The first-order valence-electron chi connectivity index (χ1n) is 5.91. The van der Waals surface area contributed by atoms with Gasteiger partial charge in [0, 0.05) is 11.8 Å². The standard InChI is InChI=1S/C14H12FN3S/c1-8-6-11-13(16-7-8)18(14(19)17-11)12-5-3-4-10(15)9(12)2/h3-7H,1-2H3,(H,17,19). The van der Waals surface area contributed by atoms with Crippen LogP contribution in [0.5, 0.6) is 0 Å². The Morgan fingerprint density at radius 3 is 2.89 bits per heavy atom. The monoisotopic (exact) mass is 273 g/mol. The molecule has 0 aliphatic rings. The van der Waals surface area contributed by atoms with Gasteiger partial charge >= 0.3 is 0 Å². The van der Waals surface area contributed by atoms with Crippen molar-refractivity contribution in [2.45, 2.75) is 13.8 Å². The molecule has 3 rings (SSSR count). The topological polar surface area (TPSA) is 33.6 Å². The summed E-state index contributed by atoms with van der Waals surface area (Å²) < 4.78 is 16.0. The predicted octanol–water partition coefficient (Wildman–Crippen LogP) is 3.84. The van der Waals surface area contributed by atoms with Gasteiger partial charge < -0.3 is 4.98 Å². The van der Waals surface area contributed by atoms with Crippen molar-refractivity contribution < 1.29 is 4.39 Å². The molecular formula is C14H12FN3S. The number of aryl methyl sites for hydroxylation is 1. The summed E-state index contributed by atoms with van der Waals surface area (Å²) in [5.74, 6) is -0.249. The lowest BCUT2D eigenvalue weighted by Crippen LogP contribution is -2.00. The summed E-state index contributed by atoms with van der Waals surface area (Å²) in [7, 11) is 0. The van der Waals surface area contributed by atoms with Crippen LogP contribution in [0, 0.1) is 24.4 Å². The number of halogens is 1. The number of aromatic nitrogens is 3. The zero-order valence-corrected chi connectivity index (χ0v) is 11.4. The highest BCUT2D eigenvalue weighted by Gasteiger charge is 2.11. The Labute approximate surface area is 114 Å². The normalized spacial score (nSPS) is 11.1. The lowest BCUT2D eigenvalue weighted by molar-refractivity contribution is 0.617. The molecule has 0 unspecified atom stereocenters. The van der Waals surface area contributed by atoms with Crippen molar-refractivity contribution in [3.05, 3.63) is 52.2 Å². The molecule has 1 N–H and O–H groups in total. The quantitative estimate of drug-likeness (QED) is 0.683. The Bertz CT molecular complexity index is 832. The van der Waals surface area contributed by atoms with Crippen molar-refractivity contribution in [1.82, 2.24) is 14.5 Å². The molecule has 19 heavy (non-hydrogen) atoms. The fourth-order valence-electron chi connectivity index (χ4n) is 2.16. The Hall–Kier alpha value is -2.01. The molecule has 0 radical (unpaired) electrons. The van der Waals surface area contributed by atoms with E-state index in [1.807, 2.05) is 19.1 Å². The van der Waals surface area contributed by atoms with Crippen molar-refractivity contribution in [3.63, 3.8) is 0 Å². The first-order chi connectivity index (χ1) is 9.08. The second-order valence-electron chi connectivity index (χ2n) is 4.53. The largest absolute Gasteiger partial charge is 0.329 e. The van der Waals surface area contributed by atoms with Gasteiger partial charge in [0.2, 0.25) is 0 Å². The molecule has 3 aromatic rings. The molecule has 0 fully saturated rings. The maximum absolute atomic E-state index is 13.7. The van der Waals surface area contributed by atoms with E-state index in [-0.39, 0.29) is 5.82 Å². The maximum Gasteiger partial charge on any atom is 0.184 e. The number of hydrogen-bond acceptors (Lipinski definition) is 2. The van der Waals surface area contributed by atoms with Gasteiger partial charge in [-0.05, 0) is 49.8 Å². The van der Waals surface area contributed by atoms with Crippen molar-refractivity contribution in [2.75, 3.05) is 0 Å². The van der Waals surface area contributed by atoms with Crippen molar-refractivity contribution in [1.29, 1.82) is 0 Å². The molecule has 2 aromatic heterocycles. The highest BCUT2D eigenvalue weighted by atomic mass is 32.1. The van der Waals surface area contributed by atoms with Gasteiger partial charge in [0.15, 0.2) is 10.4 Å². The van der Waals surface area contributed by atoms with Gasteiger partial charge in [0.25, 0.3) is 0 Å². The number of pyridine rings is 1. The Balaban J connectivity index is 2.40. The van der Waals surface area contributed by atoms with Crippen LogP contribution >= 0.6 is 12.2 Å². The van der Waals surface area contributed by atoms with Crippen LogP contribution in [-0.2, 0) is 0 Å². The first kappa shape index (κ1) is 12.0. The van der Waals surface area contributed by atoms with Crippen molar-refractivity contribution >= 4 is 23.4 Å². The van der Waals surface area contributed by atoms with Crippen molar-refractivity contribution in [2.24, 2.45) is 0 Å². The van der Waals surface area contributed by atoms with E-state index in [4.69, 9.17) is 12.2 Å². The van der Waals surface area contributed by atoms with E-state index in [9.17, 15) is 4.39 Å². The number of fused-ring (bicyclic) bond motifs is 1. The molecule has 0 aliphatic carbocycles. The number of nitrogens with one attached hydrogen (secondary N) is 1. The van der Waals surface area contributed by atoms with Gasteiger partial charge in [-0.15, -0.1) is 0 Å². The Morgan fingerprint density at radius 1 is 1.32 bits per heavy atom. The molecule has 0 spiro atoms. The summed E-state index contributed by atoms with van der Waals surface area (Å²) in [6, 6.07) is 6.92. The second-order valence-corrected chi connectivity index (χ2v) is 4.92. The molecule has 0 saturated carbocycles.